The minimum Gasteiger partial charge on any atom is -0.495 e. The number of anilines is 1. The molecule has 0 aliphatic carbocycles. The van der Waals surface area contributed by atoms with Crippen molar-refractivity contribution in [2.75, 3.05) is 25.5 Å². The predicted molar refractivity (Wildman–Crippen MR) is 55.7 cm³/mol. The molecule has 4 nitrogen and oxygen atoms in total. The molecule has 0 spiro atoms. The molecule has 76 valence electrons. The molecule has 0 unspecified atom stereocenters. The fourth-order valence-corrected chi connectivity index (χ4v) is 1.47. The topological polar surface area (TPSA) is 46.2 Å². The quantitative estimate of drug-likeness (QED) is 0.747. The van der Waals surface area contributed by atoms with Crippen LogP contribution in [0.5, 0.6) is 5.75 Å². The summed E-state index contributed by atoms with van der Waals surface area (Å²) in [5, 5.41) is 6.61. The van der Waals surface area contributed by atoms with Gasteiger partial charge in [-0.2, -0.15) is 0 Å². The number of nitrogens with zero attached hydrogens (tertiary/aromatic N) is 1. The van der Waals surface area contributed by atoms with Crippen LogP contribution in [0, 0.1) is 0 Å². The highest BCUT2D eigenvalue weighted by molar-refractivity contribution is 5.41. The second-order valence-electron chi connectivity index (χ2n) is 3.87. The number of ether oxygens (including phenoxy) is 1. The van der Waals surface area contributed by atoms with Crippen molar-refractivity contribution >= 4 is 5.82 Å². The SMILES string of the molecule is COc1ccc(NC2(C)CNC2)nc1. The van der Waals surface area contributed by atoms with E-state index in [-0.39, 0.29) is 5.54 Å². The van der Waals surface area contributed by atoms with E-state index in [2.05, 4.69) is 22.5 Å². The van der Waals surface area contributed by atoms with Crippen molar-refractivity contribution in [3.8, 4) is 5.75 Å². The van der Waals surface area contributed by atoms with Gasteiger partial charge in [-0.25, -0.2) is 4.98 Å². The van der Waals surface area contributed by atoms with E-state index in [1.807, 2.05) is 12.1 Å². The molecule has 1 aromatic heterocycles. The van der Waals surface area contributed by atoms with E-state index in [9.17, 15) is 0 Å². The van der Waals surface area contributed by atoms with Crippen LogP contribution in [-0.2, 0) is 0 Å². The first kappa shape index (κ1) is 9.27. The van der Waals surface area contributed by atoms with E-state index >= 15 is 0 Å². The first-order chi connectivity index (χ1) is 6.72. The Morgan fingerprint density at radius 2 is 2.29 bits per heavy atom. The number of hydrogen-bond donors (Lipinski definition) is 2. The van der Waals surface area contributed by atoms with E-state index in [1.54, 1.807) is 13.3 Å². The fraction of sp³-hybridized carbons (Fsp3) is 0.500. The second kappa shape index (κ2) is 3.46. The molecule has 1 aliphatic rings. The molecule has 2 rings (SSSR count). The lowest BCUT2D eigenvalue weighted by Crippen LogP contribution is -2.62. The second-order valence-corrected chi connectivity index (χ2v) is 3.87. The summed E-state index contributed by atoms with van der Waals surface area (Å²) in [6, 6.07) is 3.84. The number of nitrogens with one attached hydrogen (secondary N) is 2. The van der Waals surface area contributed by atoms with Crippen LogP contribution in [0.15, 0.2) is 18.3 Å². The van der Waals surface area contributed by atoms with Crippen LogP contribution in [0.25, 0.3) is 0 Å². The molecule has 0 radical (unpaired) electrons. The molecule has 1 fully saturated rings. The smallest absolute Gasteiger partial charge is 0.137 e. The molecule has 1 aliphatic heterocycles. The van der Waals surface area contributed by atoms with Crippen molar-refractivity contribution in [3.05, 3.63) is 18.3 Å². The Labute approximate surface area is 83.7 Å². The summed E-state index contributed by atoms with van der Waals surface area (Å²) in [5.74, 6) is 1.68. The van der Waals surface area contributed by atoms with Gasteiger partial charge in [0.25, 0.3) is 0 Å². The Morgan fingerprint density at radius 3 is 2.71 bits per heavy atom. The Balaban J connectivity index is 2.02. The number of rotatable bonds is 3. The van der Waals surface area contributed by atoms with Crippen molar-refractivity contribution in [1.82, 2.24) is 10.3 Å². The van der Waals surface area contributed by atoms with Crippen LogP contribution in [0.2, 0.25) is 0 Å². The summed E-state index contributed by atoms with van der Waals surface area (Å²) in [5.41, 5.74) is 0.154. The highest BCUT2D eigenvalue weighted by Crippen LogP contribution is 2.18. The molecular formula is C10H15N3O. The van der Waals surface area contributed by atoms with Crippen LogP contribution >= 0.6 is 0 Å². The molecule has 0 aromatic carbocycles. The monoisotopic (exact) mass is 193 g/mol. The van der Waals surface area contributed by atoms with E-state index < -0.39 is 0 Å². The third kappa shape index (κ3) is 1.80. The third-order valence-electron chi connectivity index (χ3n) is 2.43. The Hall–Kier alpha value is -1.29. The summed E-state index contributed by atoms with van der Waals surface area (Å²) in [7, 11) is 1.64. The van der Waals surface area contributed by atoms with Gasteiger partial charge in [-0.3, -0.25) is 0 Å². The van der Waals surface area contributed by atoms with Crippen LogP contribution in [0.3, 0.4) is 0 Å². The average Bonchev–Trinajstić information content (AvgIpc) is 2.17. The predicted octanol–water partition coefficient (Wildman–Crippen LogP) is 0.864. The molecule has 2 N–H and O–H groups in total. The van der Waals surface area contributed by atoms with Crippen molar-refractivity contribution < 1.29 is 4.74 Å². The molecule has 0 amide bonds. The Bertz CT molecular complexity index is 306. The van der Waals surface area contributed by atoms with E-state index in [4.69, 9.17) is 4.74 Å². The summed E-state index contributed by atoms with van der Waals surface area (Å²) in [4.78, 5) is 4.25. The molecule has 0 saturated carbocycles. The highest BCUT2D eigenvalue weighted by atomic mass is 16.5. The highest BCUT2D eigenvalue weighted by Gasteiger charge is 2.31. The zero-order valence-electron chi connectivity index (χ0n) is 8.50. The maximum absolute atomic E-state index is 5.04. The van der Waals surface area contributed by atoms with Crippen molar-refractivity contribution in [3.63, 3.8) is 0 Å². The first-order valence-corrected chi connectivity index (χ1v) is 4.71. The van der Waals surface area contributed by atoms with Gasteiger partial charge in [-0.15, -0.1) is 0 Å². The van der Waals surface area contributed by atoms with Crippen LogP contribution < -0.4 is 15.4 Å². The van der Waals surface area contributed by atoms with Crippen molar-refractivity contribution in [2.45, 2.75) is 12.5 Å². The number of methoxy groups -OCH3 is 1. The maximum atomic E-state index is 5.04. The number of pyridine rings is 1. The number of aromatic nitrogens is 1. The summed E-state index contributed by atoms with van der Waals surface area (Å²) in [6.07, 6.45) is 1.72. The summed E-state index contributed by atoms with van der Waals surface area (Å²) >= 11 is 0. The normalized spacial score (nSPS) is 18.4. The lowest BCUT2D eigenvalue weighted by atomic mass is 9.95. The molecule has 1 saturated heterocycles. The van der Waals surface area contributed by atoms with Crippen LogP contribution in [0.1, 0.15) is 6.92 Å². The van der Waals surface area contributed by atoms with E-state index in [0.717, 1.165) is 24.7 Å². The van der Waals surface area contributed by atoms with Crippen LogP contribution in [-0.4, -0.2) is 30.7 Å². The fourth-order valence-electron chi connectivity index (χ4n) is 1.47. The van der Waals surface area contributed by atoms with Gasteiger partial charge in [-0.1, -0.05) is 0 Å². The lowest BCUT2D eigenvalue weighted by Gasteiger charge is -2.40. The van der Waals surface area contributed by atoms with Gasteiger partial charge in [0, 0.05) is 13.1 Å². The minimum atomic E-state index is 0.154. The van der Waals surface area contributed by atoms with Gasteiger partial charge in [0.2, 0.25) is 0 Å². The van der Waals surface area contributed by atoms with Gasteiger partial charge in [0.15, 0.2) is 0 Å². The third-order valence-corrected chi connectivity index (χ3v) is 2.43. The van der Waals surface area contributed by atoms with Gasteiger partial charge in [0.05, 0.1) is 18.8 Å². The minimum absolute atomic E-state index is 0.154. The largest absolute Gasteiger partial charge is 0.495 e. The molecule has 14 heavy (non-hydrogen) atoms. The average molecular weight is 193 g/mol. The maximum Gasteiger partial charge on any atom is 0.137 e. The summed E-state index contributed by atoms with van der Waals surface area (Å²) < 4.78 is 5.04. The Morgan fingerprint density at radius 1 is 1.50 bits per heavy atom. The van der Waals surface area contributed by atoms with E-state index in [0.29, 0.717) is 0 Å². The molecule has 4 heteroatoms. The van der Waals surface area contributed by atoms with E-state index in [1.165, 1.54) is 0 Å². The first-order valence-electron chi connectivity index (χ1n) is 4.71. The zero-order chi connectivity index (χ0) is 10.0. The molecule has 2 heterocycles. The van der Waals surface area contributed by atoms with Crippen molar-refractivity contribution in [1.29, 1.82) is 0 Å². The molecule has 0 atom stereocenters. The number of hydrogen-bond acceptors (Lipinski definition) is 4. The van der Waals surface area contributed by atoms with Gasteiger partial charge in [0.1, 0.15) is 11.6 Å². The van der Waals surface area contributed by atoms with Crippen molar-refractivity contribution in [2.24, 2.45) is 0 Å². The van der Waals surface area contributed by atoms with Crippen LogP contribution in [0.4, 0.5) is 5.82 Å². The lowest BCUT2D eigenvalue weighted by molar-refractivity contribution is 0.337. The molecular weight excluding hydrogens is 178 g/mol. The van der Waals surface area contributed by atoms with Gasteiger partial charge in [-0.05, 0) is 19.1 Å². The zero-order valence-corrected chi connectivity index (χ0v) is 8.50. The van der Waals surface area contributed by atoms with Gasteiger partial charge >= 0.3 is 0 Å². The summed E-state index contributed by atoms with van der Waals surface area (Å²) in [6.45, 7) is 4.15. The molecule has 1 aromatic rings. The Kier molecular flexibility index (Phi) is 2.29. The standard InChI is InChI=1S/C10H15N3O/c1-10(6-11-7-10)13-9-4-3-8(14-2)5-12-9/h3-5,11H,6-7H2,1-2H3,(H,12,13). The van der Waals surface area contributed by atoms with Gasteiger partial charge < -0.3 is 15.4 Å². The molecule has 0 bridgehead atoms.